The third kappa shape index (κ3) is 4.36. The molecule has 0 aromatic heterocycles. The number of hydrogen-bond donors (Lipinski definition) is 1. The molecule has 0 saturated carbocycles. The van der Waals surface area contributed by atoms with Crippen molar-refractivity contribution in [3.63, 3.8) is 0 Å². The van der Waals surface area contributed by atoms with E-state index in [1.807, 2.05) is 5.32 Å². The van der Waals surface area contributed by atoms with Crippen molar-refractivity contribution in [2.45, 2.75) is 23.8 Å². The number of halogens is 1. The molecule has 12 heteroatoms. The van der Waals surface area contributed by atoms with Gasteiger partial charge >= 0.3 is 5.97 Å². The predicted molar refractivity (Wildman–Crippen MR) is 117 cm³/mol. The van der Waals surface area contributed by atoms with Crippen molar-refractivity contribution in [1.29, 1.82) is 0 Å². The van der Waals surface area contributed by atoms with Crippen LogP contribution in [0.1, 0.15) is 28.8 Å². The van der Waals surface area contributed by atoms with E-state index in [1.54, 1.807) is 12.1 Å². The van der Waals surface area contributed by atoms with E-state index >= 15 is 0 Å². The molecule has 4 rings (SSSR count). The summed E-state index contributed by atoms with van der Waals surface area (Å²) in [6.45, 7) is -0.772. The first-order chi connectivity index (χ1) is 16.2. The van der Waals surface area contributed by atoms with Gasteiger partial charge < -0.3 is 9.64 Å². The molecule has 0 unspecified atom stereocenters. The van der Waals surface area contributed by atoms with Gasteiger partial charge in [0.15, 0.2) is 6.61 Å². The molecule has 176 valence electrons. The molecule has 2 saturated heterocycles. The van der Waals surface area contributed by atoms with Crippen LogP contribution in [0.15, 0.2) is 48.5 Å². The van der Waals surface area contributed by atoms with Gasteiger partial charge in [0.2, 0.25) is 5.91 Å². The van der Waals surface area contributed by atoms with Crippen LogP contribution < -0.4 is 5.32 Å². The number of ether oxygens (including phenoxy) is 1. The Bertz CT molecular complexity index is 1190. The van der Waals surface area contributed by atoms with Crippen molar-refractivity contribution in [3.05, 3.63) is 75.6 Å². The summed E-state index contributed by atoms with van der Waals surface area (Å²) in [5.74, 6) is -3.04. The Morgan fingerprint density at radius 3 is 2.68 bits per heavy atom. The quantitative estimate of drug-likeness (QED) is 0.372. The minimum Gasteiger partial charge on any atom is -0.454 e. The summed E-state index contributed by atoms with van der Waals surface area (Å²) in [6, 6.07) is 9.61. The number of carbonyl (C=O) groups excluding carboxylic acids is 4. The Balaban J connectivity index is 1.38. The maximum atomic E-state index is 13.4. The van der Waals surface area contributed by atoms with E-state index in [2.05, 4.69) is 0 Å². The van der Waals surface area contributed by atoms with Crippen molar-refractivity contribution in [3.8, 4) is 0 Å². The zero-order chi connectivity index (χ0) is 24.5. The zero-order valence-electron chi connectivity index (χ0n) is 17.6. The standard InChI is InChI=1S/C22H18FN3O7S/c23-15-6-4-14(5-7-15)22-9-8-19(28)25(22)17(12-34-22)21(30)33-11-18(27)24-20(29)13-2-1-3-16(10-13)26(31)32/h1-7,10,17H,8-9,11-12H2,(H,24,27,29)/t17-,22+/m1/s1. The SMILES string of the molecule is O=C(COC(=O)[C@H]1CS[C@]2(c3ccc(F)cc3)CCC(=O)N12)NC(=O)c1cccc([N+](=O)[O-])c1. The number of carbonyl (C=O) groups is 4. The molecule has 0 bridgehead atoms. The molecular formula is C22H18FN3O7S. The molecule has 34 heavy (non-hydrogen) atoms. The molecule has 2 fully saturated rings. The van der Waals surface area contributed by atoms with E-state index in [0.29, 0.717) is 12.0 Å². The third-order valence-corrected chi connectivity index (χ3v) is 7.21. The summed E-state index contributed by atoms with van der Waals surface area (Å²) >= 11 is 1.38. The minimum atomic E-state index is -0.940. The fourth-order valence-electron chi connectivity index (χ4n) is 4.06. The number of non-ortho nitro benzene ring substituents is 1. The van der Waals surface area contributed by atoms with Gasteiger partial charge in [-0.25, -0.2) is 9.18 Å². The first-order valence-corrected chi connectivity index (χ1v) is 11.2. The van der Waals surface area contributed by atoms with E-state index in [1.165, 1.54) is 47.0 Å². The van der Waals surface area contributed by atoms with Gasteiger partial charge in [0.25, 0.3) is 17.5 Å². The van der Waals surface area contributed by atoms with Crippen LogP contribution in [0.5, 0.6) is 0 Å². The Morgan fingerprint density at radius 1 is 1.24 bits per heavy atom. The molecular weight excluding hydrogens is 469 g/mol. The van der Waals surface area contributed by atoms with Crippen molar-refractivity contribution < 1.29 is 33.2 Å². The molecule has 0 spiro atoms. The van der Waals surface area contributed by atoms with E-state index in [9.17, 15) is 33.7 Å². The van der Waals surface area contributed by atoms with Gasteiger partial charge in [0.05, 0.1) is 4.92 Å². The number of thioether (sulfide) groups is 1. The van der Waals surface area contributed by atoms with Crippen LogP contribution in [-0.4, -0.2) is 51.9 Å². The van der Waals surface area contributed by atoms with Crippen molar-refractivity contribution in [2.24, 2.45) is 0 Å². The number of nitrogens with one attached hydrogen (secondary N) is 1. The normalized spacial score (nSPS) is 21.1. The molecule has 3 amide bonds. The number of rotatable bonds is 6. The molecule has 2 aromatic rings. The van der Waals surface area contributed by atoms with E-state index in [0.717, 1.165) is 6.07 Å². The summed E-state index contributed by atoms with van der Waals surface area (Å²) in [5.41, 5.74) is 0.276. The number of imide groups is 1. The highest BCUT2D eigenvalue weighted by molar-refractivity contribution is 8.00. The first kappa shape index (κ1) is 23.4. The van der Waals surface area contributed by atoms with Crippen molar-refractivity contribution >= 4 is 41.1 Å². The minimum absolute atomic E-state index is 0.104. The fraction of sp³-hybridized carbons (Fsp3) is 0.273. The summed E-state index contributed by atoms with van der Waals surface area (Å²) in [7, 11) is 0. The first-order valence-electron chi connectivity index (χ1n) is 10.2. The fourth-order valence-corrected chi connectivity index (χ4v) is 5.69. The maximum absolute atomic E-state index is 13.4. The number of benzene rings is 2. The van der Waals surface area contributed by atoms with Gasteiger partial charge in [-0.05, 0) is 30.2 Å². The Kier molecular flexibility index (Phi) is 6.33. The Hall–Kier alpha value is -3.80. The second-order valence-corrected chi connectivity index (χ2v) is 8.97. The molecule has 2 aliphatic rings. The lowest BCUT2D eigenvalue weighted by atomic mass is 10.0. The lowest BCUT2D eigenvalue weighted by Gasteiger charge is -2.33. The topological polar surface area (TPSA) is 136 Å². The highest BCUT2D eigenvalue weighted by atomic mass is 32.2. The highest BCUT2D eigenvalue weighted by Gasteiger charge is 2.57. The largest absolute Gasteiger partial charge is 0.454 e. The van der Waals surface area contributed by atoms with Gasteiger partial charge in [0, 0.05) is 29.9 Å². The lowest BCUT2D eigenvalue weighted by Crippen LogP contribution is -2.47. The molecule has 2 heterocycles. The van der Waals surface area contributed by atoms with Crippen molar-refractivity contribution in [1.82, 2.24) is 10.2 Å². The molecule has 2 atom stereocenters. The molecule has 0 radical (unpaired) electrons. The van der Waals surface area contributed by atoms with Crippen LogP contribution >= 0.6 is 11.8 Å². The summed E-state index contributed by atoms with van der Waals surface area (Å²) < 4.78 is 18.4. The van der Waals surface area contributed by atoms with Gasteiger partial charge in [-0.15, -0.1) is 11.8 Å². The monoisotopic (exact) mass is 487 g/mol. The molecule has 2 aromatic carbocycles. The van der Waals surface area contributed by atoms with Crippen molar-refractivity contribution in [2.75, 3.05) is 12.4 Å². The molecule has 0 aliphatic carbocycles. The molecule has 2 aliphatic heterocycles. The van der Waals surface area contributed by atoms with Gasteiger partial charge in [-0.2, -0.15) is 0 Å². The Morgan fingerprint density at radius 2 is 1.97 bits per heavy atom. The number of nitrogens with zero attached hydrogens (tertiary/aromatic N) is 2. The van der Waals surface area contributed by atoms with Crippen LogP contribution in [0.4, 0.5) is 10.1 Å². The average Bonchev–Trinajstić information content (AvgIpc) is 3.37. The zero-order valence-corrected chi connectivity index (χ0v) is 18.4. The number of fused-ring (bicyclic) bond motifs is 1. The lowest BCUT2D eigenvalue weighted by molar-refractivity contribution is -0.384. The highest BCUT2D eigenvalue weighted by Crippen LogP contribution is 2.54. The van der Waals surface area contributed by atoms with Crippen LogP contribution in [-0.2, 0) is 24.0 Å². The van der Waals surface area contributed by atoms with Gasteiger partial charge in [0.1, 0.15) is 16.7 Å². The van der Waals surface area contributed by atoms with Crippen LogP contribution in [0.25, 0.3) is 0 Å². The summed E-state index contributed by atoms with van der Waals surface area (Å²) in [5, 5.41) is 12.8. The number of nitro benzene ring substituents is 1. The number of hydrogen-bond acceptors (Lipinski definition) is 8. The number of amides is 3. The molecule has 1 N–H and O–H groups in total. The second-order valence-electron chi connectivity index (χ2n) is 7.67. The van der Waals surface area contributed by atoms with E-state index in [-0.39, 0.29) is 29.3 Å². The maximum Gasteiger partial charge on any atom is 0.330 e. The van der Waals surface area contributed by atoms with E-state index in [4.69, 9.17) is 4.74 Å². The third-order valence-electron chi connectivity index (χ3n) is 5.61. The van der Waals surface area contributed by atoms with Crippen LogP contribution in [0.3, 0.4) is 0 Å². The second kappa shape index (κ2) is 9.21. The number of nitro groups is 1. The van der Waals surface area contributed by atoms with E-state index < -0.39 is 46.0 Å². The molecule has 10 nitrogen and oxygen atoms in total. The van der Waals surface area contributed by atoms with Gasteiger partial charge in [-0.3, -0.25) is 29.8 Å². The summed E-state index contributed by atoms with van der Waals surface area (Å²) in [6.07, 6.45) is 0.663. The van der Waals surface area contributed by atoms with Crippen LogP contribution in [0, 0.1) is 15.9 Å². The van der Waals surface area contributed by atoms with Crippen LogP contribution in [0.2, 0.25) is 0 Å². The number of esters is 1. The summed E-state index contributed by atoms with van der Waals surface area (Å²) in [4.78, 5) is 60.4. The smallest absolute Gasteiger partial charge is 0.330 e. The Labute approximate surface area is 196 Å². The van der Waals surface area contributed by atoms with Gasteiger partial charge in [-0.1, -0.05) is 18.2 Å². The average molecular weight is 487 g/mol. The predicted octanol–water partition coefficient (Wildman–Crippen LogP) is 2.12.